The number of aromatic nitrogens is 3. The Balaban J connectivity index is 1.54. The highest BCUT2D eigenvalue weighted by atomic mass is 16.5. The van der Waals surface area contributed by atoms with E-state index in [4.69, 9.17) is 9.72 Å². The van der Waals surface area contributed by atoms with Gasteiger partial charge in [0.25, 0.3) is 0 Å². The van der Waals surface area contributed by atoms with Crippen molar-refractivity contribution in [2.24, 2.45) is 0 Å². The highest BCUT2D eigenvalue weighted by molar-refractivity contribution is 5.79. The Morgan fingerprint density at radius 2 is 1.96 bits per heavy atom. The molecule has 0 atom stereocenters. The Kier molecular flexibility index (Phi) is 5.41. The summed E-state index contributed by atoms with van der Waals surface area (Å²) in [4.78, 5) is 23.3. The number of anilines is 1. The van der Waals surface area contributed by atoms with E-state index in [-0.39, 0.29) is 5.91 Å². The molecule has 7 heteroatoms. The number of carbonyl (C=O) groups excluding carboxylic acids is 1. The molecule has 1 aliphatic heterocycles. The Labute approximate surface area is 164 Å². The summed E-state index contributed by atoms with van der Waals surface area (Å²) in [5.41, 5.74) is 2.58. The lowest BCUT2D eigenvalue weighted by Gasteiger charge is -2.26. The van der Waals surface area contributed by atoms with Crippen LogP contribution in [0.5, 0.6) is 5.75 Å². The fraction of sp³-hybridized carbons (Fsp3) is 0.381. The maximum Gasteiger partial charge on any atom is 0.224 e. The number of likely N-dealkylation sites (tertiary alicyclic amines) is 1. The summed E-state index contributed by atoms with van der Waals surface area (Å²) >= 11 is 0. The van der Waals surface area contributed by atoms with Crippen LogP contribution in [0, 0.1) is 0 Å². The van der Waals surface area contributed by atoms with Crippen molar-refractivity contribution in [3.8, 4) is 17.0 Å². The van der Waals surface area contributed by atoms with Crippen LogP contribution in [0.15, 0.2) is 42.9 Å². The number of benzene rings is 1. The quantitative estimate of drug-likeness (QED) is 0.712. The summed E-state index contributed by atoms with van der Waals surface area (Å²) in [6.45, 7) is 2.34. The number of piperidine rings is 1. The van der Waals surface area contributed by atoms with Gasteiger partial charge in [0.2, 0.25) is 5.91 Å². The van der Waals surface area contributed by atoms with Gasteiger partial charge in [0, 0.05) is 44.0 Å². The molecule has 1 amide bonds. The third kappa shape index (κ3) is 3.78. The zero-order valence-electron chi connectivity index (χ0n) is 16.1. The number of rotatable bonds is 6. The average Bonchev–Trinajstić information content (AvgIpc) is 3.13. The fourth-order valence-electron chi connectivity index (χ4n) is 3.62. The van der Waals surface area contributed by atoms with E-state index in [0.29, 0.717) is 13.0 Å². The normalized spacial score (nSPS) is 14.2. The lowest BCUT2D eigenvalue weighted by Crippen LogP contribution is -2.36. The van der Waals surface area contributed by atoms with Gasteiger partial charge < -0.3 is 15.0 Å². The molecule has 0 bridgehead atoms. The van der Waals surface area contributed by atoms with Crippen LogP contribution in [0.4, 0.5) is 5.82 Å². The van der Waals surface area contributed by atoms with Crippen LogP contribution in [-0.2, 0) is 4.79 Å². The summed E-state index contributed by atoms with van der Waals surface area (Å²) in [6, 6.07) is 7.80. The maximum atomic E-state index is 12.5. The third-order valence-electron chi connectivity index (χ3n) is 5.13. The molecule has 146 valence electrons. The molecule has 0 spiro atoms. The fourth-order valence-corrected chi connectivity index (χ4v) is 3.62. The average molecular weight is 379 g/mol. The van der Waals surface area contributed by atoms with Crippen molar-refractivity contribution in [2.75, 3.05) is 32.1 Å². The van der Waals surface area contributed by atoms with Gasteiger partial charge in [-0.05, 0) is 43.5 Å². The second-order valence-electron chi connectivity index (χ2n) is 6.96. The van der Waals surface area contributed by atoms with Gasteiger partial charge in [-0.1, -0.05) is 0 Å². The van der Waals surface area contributed by atoms with Crippen LogP contribution in [-0.4, -0.2) is 51.9 Å². The summed E-state index contributed by atoms with van der Waals surface area (Å²) in [6.07, 6.45) is 9.27. The molecule has 4 rings (SSSR count). The van der Waals surface area contributed by atoms with Gasteiger partial charge >= 0.3 is 0 Å². The zero-order chi connectivity index (χ0) is 19.3. The molecule has 0 aliphatic carbocycles. The number of hydrogen-bond donors (Lipinski definition) is 1. The predicted molar refractivity (Wildman–Crippen MR) is 109 cm³/mol. The summed E-state index contributed by atoms with van der Waals surface area (Å²) in [5.74, 6) is 1.89. The maximum absolute atomic E-state index is 12.5. The molecular weight excluding hydrogens is 354 g/mol. The molecule has 1 fully saturated rings. The summed E-state index contributed by atoms with van der Waals surface area (Å²) in [7, 11) is 1.65. The van der Waals surface area contributed by atoms with Crippen molar-refractivity contribution in [1.29, 1.82) is 0 Å². The van der Waals surface area contributed by atoms with Gasteiger partial charge in [0.15, 0.2) is 5.65 Å². The Bertz CT molecular complexity index is 945. The smallest absolute Gasteiger partial charge is 0.224 e. The van der Waals surface area contributed by atoms with Crippen molar-refractivity contribution in [3.05, 3.63) is 42.9 Å². The zero-order valence-corrected chi connectivity index (χ0v) is 16.1. The predicted octanol–water partition coefficient (Wildman–Crippen LogP) is 3.22. The lowest BCUT2D eigenvalue weighted by atomic mass is 10.1. The monoisotopic (exact) mass is 379 g/mol. The van der Waals surface area contributed by atoms with Crippen LogP contribution >= 0.6 is 0 Å². The minimum absolute atomic E-state index is 0.216. The van der Waals surface area contributed by atoms with Crippen molar-refractivity contribution < 1.29 is 9.53 Å². The topological polar surface area (TPSA) is 71.8 Å². The molecule has 0 saturated carbocycles. The number of hydrogen-bond acceptors (Lipinski definition) is 5. The van der Waals surface area contributed by atoms with Crippen molar-refractivity contribution >= 4 is 17.4 Å². The van der Waals surface area contributed by atoms with E-state index in [0.717, 1.165) is 54.4 Å². The number of carbonyl (C=O) groups is 1. The highest BCUT2D eigenvalue weighted by Crippen LogP contribution is 2.29. The van der Waals surface area contributed by atoms with E-state index in [1.54, 1.807) is 19.5 Å². The first-order chi connectivity index (χ1) is 13.8. The van der Waals surface area contributed by atoms with E-state index in [9.17, 15) is 4.79 Å². The molecule has 1 aromatic carbocycles. The van der Waals surface area contributed by atoms with Crippen molar-refractivity contribution in [1.82, 2.24) is 19.3 Å². The van der Waals surface area contributed by atoms with Gasteiger partial charge in [0.1, 0.15) is 17.3 Å². The van der Waals surface area contributed by atoms with Gasteiger partial charge in [0.05, 0.1) is 13.3 Å². The summed E-state index contributed by atoms with van der Waals surface area (Å²) < 4.78 is 7.22. The second-order valence-corrected chi connectivity index (χ2v) is 6.96. The molecule has 1 saturated heterocycles. The third-order valence-corrected chi connectivity index (χ3v) is 5.13. The van der Waals surface area contributed by atoms with E-state index in [1.165, 1.54) is 6.42 Å². The lowest BCUT2D eigenvalue weighted by molar-refractivity contribution is -0.131. The molecule has 3 heterocycles. The van der Waals surface area contributed by atoms with Crippen molar-refractivity contribution in [3.63, 3.8) is 0 Å². The molecule has 1 N–H and O–H groups in total. The van der Waals surface area contributed by atoms with E-state index < -0.39 is 0 Å². The largest absolute Gasteiger partial charge is 0.497 e. The van der Waals surface area contributed by atoms with Gasteiger partial charge in [-0.25, -0.2) is 4.98 Å². The first kappa shape index (κ1) is 18.3. The number of methoxy groups -OCH3 is 1. The minimum Gasteiger partial charge on any atom is -0.497 e. The standard InChI is InChI=1S/C21H25N5O2/c1-28-17-7-5-16(6-8-17)20-21(26-14-11-22-15-18(26)24-20)23-10-9-19(27)25-12-3-2-4-13-25/h5-8,11,14-15,23H,2-4,9-10,12-13H2,1H3. The second kappa shape index (κ2) is 8.29. The molecule has 28 heavy (non-hydrogen) atoms. The first-order valence-corrected chi connectivity index (χ1v) is 9.74. The molecule has 2 aromatic heterocycles. The number of fused-ring (bicyclic) bond motifs is 1. The number of nitrogens with one attached hydrogen (secondary N) is 1. The minimum atomic E-state index is 0.216. The van der Waals surface area contributed by atoms with Crippen LogP contribution in [0.25, 0.3) is 16.9 Å². The molecular formula is C21H25N5O2. The van der Waals surface area contributed by atoms with Crippen LogP contribution in [0.3, 0.4) is 0 Å². The molecule has 0 unspecified atom stereocenters. The highest BCUT2D eigenvalue weighted by Gasteiger charge is 2.18. The number of ether oxygens (including phenoxy) is 1. The van der Waals surface area contributed by atoms with Gasteiger partial charge in [-0.2, -0.15) is 0 Å². The molecule has 1 aliphatic rings. The van der Waals surface area contributed by atoms with Crippen LogP contribution in [0.2, 0.25) is 0 Å². The Hall–Kier alpha value is -3.09. The summed E-state index contributed by atoms with van der Waals surface area (Å²) in [5, 5.41) is 3.43. The van der Waals surface area contributed by atoms with E-state index in [1.807, 2.05) is 39.8 Å². The van der Waals surface area contributed by atoms with Gasteiger partial charge in [-0.3, -0.25) is 14.2 Å². The first-order valence-electron chi connectivity index (χ1n) is 9.74. The van der Waals surface area contributed by atoms with Gasteiger partial charge in [-0.15, -0.1) is 0 Å². The van der Waals surface area contributed by atoms with Crippen LogP contribution < -0.4 is 10.1 Å². The number of amides is 1. The number of imidazole rings is 1. The van der Waals surface area contributed by atoms with Crippen molar-refractivity contribution in [2.45, 2.75) is 25.7 Å². The SMILES string of the molecule is COc1ccc(-c2nc3cnccn3c2NCCC(=O)N2CCCCC2)cc1. The Morgan fingerprint density at radius 3 is 2.71 bits per heavy atom. The Morgan fingerprint density at radius 1 is 1.18 bits per heavy atom. The molecule has 3 aromatic rings. The molecule has 0 radical (unpaired) electrons. The molecule has 7 nitrogen and oxygen atoms in total. The number of nitrogens with zero attached hydrogens (tertiary/aromatic N) is 4. The van der Waals surface area contributed by atoms with E-state index in [2.05, 4.69) is 10.3 Å². The van der Waals surface area contributed by atoms with Crippen LogP contribution in [0.1, 0.15) is 25.7 Å². The van der Waals surface area contributed by atoms with E-state index >= 15 is 0 Å².